The number of halogens is 1. The number of carbonyl (C=O) groups is 2. The molecule has 0 heterocycles. The molecule has 0 aromatic heterocycles. The third-order valence-corrected chi connectivity index (χ3v) is 6.07. The van der Waals surface area contributed by atoms with Crippen molar-refractivity contribution in [2.75, 3.05) is 10.6 Å². The summed E-state index contributed by atoms with van der Waals surface area (Å²) in [4.78, 5) is 24.8. The molecule has 0 atom stereocenters. The zero-order chi connectivity index (χ0) is 27.4. The van der Waals surface area contributed by atoms with Gasteiger partial charge in [-0.1, -0.05) is 75.4 Å². The van der Waals surface area contributed by atoms with Crippen LogP contribution in [0.15, 0.2) is 84.9 Å². The van der Waals surface area contributed by atoms with Crippen LogP contribution in [0.1, 0.15) is 42.3 Å². The summed E-state index contributed by atoms with van der Waals surface area (Å²) in [5.74, 6) is -1.27. The molecule has 4 aromatic rings. The molecule has 0 aliphatic heterocycles. The monoisotopic (exact) mass is 512 g/mol. The highest BCUT2D eigenvalue weighted by atomic mass is 19.1. The number of carbonyl (C=O) groups excluding carboxylic acids is 1. The fraction of sp³-hybridized carbons (Fsp3) is 0.161. The van der Waals surface area contributed by atoms with Crippen LogP contribution in [0.5, 0.6) is 11.5 Å². The Labute approximate surface area is 221 Å². The van der Waals surface area contributed by atoms with Gasteiger partial charge in [0.2, 0.25) is 0 Å². The number of carboxylic acids is 1. The zero-order valence-corrected chi connectivity index (χ0v) is 21.6. The van der Waals surface area contributed by atoms with Crippen LogP contribution in [-0.2, 0) is 5.41 Å². The first kappa shape index (κ1) is 26.4. The minimum absolute atomic E-state index is 0.182. The normalized spacial score (nSPS) is 11.1. The predicted molar refractivity (Wildman–Crippen MR) is 148 cm³/mol. The maximum absolute atomic E-state index is 14.4. The lowest BCUT2D eigenvalue weighted by atomic mass is 9.86. The first-order chi connectivity index (χ1) is 18.0. The molecule has 6 nitrogen and oxygen atoms in total. The van der Waals surface area contributed by atoms with Crippen molar-refractivity contribution >= 4 is 23.4 Å². The summed E-state index contributed by atoms with van der Waals surface area (Å²) in [6.45, 7) is 8.10. The van der Waals surface area contributed by atoms with Gasteiger partial charge in [0.15, 0.2) is 5.75 Å². The largest absolute Gasteiger partial charge is 0.478 e. The first-order valence-corrected chi connectivity index (χ1v) is 12.1. The number of para-hydroxylation sites is 2. The molecule has 0 unspecified atom stereocenters. The average Bonchev–Trinajstić information content (AvgIpc) is 2.86. The number of rotatable bonds is 6. The molecule has 194 valence electrons. The van der Waals surface area contributed by atoms with Gasteiger partial charge in [0, 0.05) is 11.3 Å². The molecule has 0 fully saturated rings. The number of nitrogens with one attached hydrogen (secondary N) is 2. The van der Waals surface area contributed by atoms with E-state index in [4.69, 9.17) is 4.74 Å². The Morgan fingerprint density at radius 3 is 2.21 bits per heavy atom. The zero-order valence-electron chi connectivity index (χ0n) is 21.6. The van der Waals surface area contributed by atoms with Crippen LogP contribution in [0.4, 0.5) is 20.6 Å². The summed E-state index contributed by atoms with van der Waals surface area (Å²) in [5, 5.41) is 15.3. The van der Waals surface area contributed by atoms with Crippen molar-refractivity contribution in [1.29, 1.82) is 0 Å². The Hall–Kier alpha value is -4.65. The molecule has 38 heavy (non-hydrogen) atoms. The minimum Gasteiger partial charge on any atom is -0.478 e. The number of anilines is 2. The topological polar surface area (TPSA) is 87.7 Å². The van der Waals surface area contributed by atoms with Crippen LogP contribution in [-0.4, -0.2) is 17.1 Å². The van der Waals surface area contributed by atoms with E-state index < -0.39 is 23.4 Å². The van der Waals surface area contributed by atoms with Crippen LogP contribution >= 0.6 is 0 Å². The standard InChI is InChI=1S/C31H29FN2O4/c1-19-10-5-7-14-24(19)33-30(37)34-25-18-20(21-11-9-13-23(32)28(21)29(35)36)16-17-27(25)38-26-15-8-6-12-22(26)31(2,3)4/h5-18H,1-4H3,(H,35,36)(H2,33,34,37). The molecular weight excluding hydrogens is 483 g/mol. The van der Waals surface area contributed by atoms with Gasteiger partial charge in [0.25, 0.3) is 0 Å². The van der Waals surface area contributed by atoms with Crippen molar-refractivity contribution in [3.63, 3.8) is 0 Å². The van der Waals surface area contributed by atoms with E-state index in [1.807, 2.05) is 49.4 Å². The lowest BCUT2D eigenvalue weighted by Gasteiger charge is -2.23. The number of amides is 2. The summed E-state index contributed by atoms with van der Waals surface area (Å²) < 4.78 is 20.7. The van der Waals surface area contributed by atoms with Gasteiger partial charge in [-0.05, 0) is 59.4 Å². The Bertz CT molecular complexity index is 1510. The molecule has 3 N–H and O–H groups in total. The van der Waals surface area contributed by atoms with Crippen molar-refractivity contribution in [2.45, 2.75) is 33.1 Å². The fourth-order valence-electron chi connectivity index (χ4n) is 4.15. The fourth-order valence-corrected chi connectivity index (χ4v) is 4.15. The molecule has 4 aromatic carbocycles. The number of aromatic carboxylic acids is 1. The quantitative estimate of drug-likeness (QED) is 0.243. The van der Waals surface area contributed by atoms with Crippen LogP contribution in [0.3, 0.4) is 0 Å². The van der Waals surface area contributed by atoms with E-state index in [9.17, 15) is 19.1 Å². The molecular formula is C31H29FN2O4. The molecule has 0 saturated heterocycles. The summed E-state index contributed by atoms with van der Waals surface area (Å²) in [6, 6.07) is 23.4. The van der Waals surface area contributed by atoms with E-state index in [2.05, 4.69) is 31.4 Å². The van der Waals surface area contributed by atoms with Crippen molar-refractivity contribution in [3.8, 4) is 22.6 Å². The van der Waals surface area contributed by atoms with Crippen molar-refractivity contribution < 1.29 is 23.8 Å². The molecule has 7 heteroatoms. The molecule has 2 amide bonds. The first-order valence-electron chi connectivity index (χ1n) is 12.1. The van der Waals surface area contributed by atoms with E-state index in [1.165, 1.54) is 12.1 Å². The molecule has 4 rings (SSSR count). The molecule has 0 bridgehead atoms. The molecule has 0 aliphatic rings. The molecule has 0 aliphatic carbocycles. The number of carboxylic acid groups (broad SMARTS) is 1. The number of ether oxygens (including phenoxy) is 1. The third kappa shape index (κ3) is 5.83. The Kier molecular flexibility index (Phi) is 7.48. The molecule has 0 saturated carbocycles. The summed E-state index contributed by atoms with van der Waals surface area (Å²) in [5.41, 5.74) is 2.72. The van der Waals surface area contributed by atoms with Crippen LogP contribution in [0, 0.1) is 12.7 Å². The van der Waals surface area contributed by atoms with Crippen LogP contribution < -0.4 is 15.4 Å². The van der Waals surface area contributed by atoms with Gasteiger partial charge >= 0.3 is 12.0 Å². The van der Waals surface area contributed by atoms with Crippen molar-refractivity contribution in [2.24, 2.45) is 0 Å². The van der Waals surface area contributed by atoms with Gasteiger partial charge < -0.3 is 20.5 Å². The number of benzene rings is 4. The summed E-state index contributed by atoms with van der Waals surface area (Å²) >= 11 is 0. The second-order valence-corrected chi connectivity index (χ2v) is 9.92. The van der Waals surface area contributed by atoms with Gasteiger partial charge in [-0.15, -0.1) is 0 Å². The van der Waals surface area contributed by atoms with Crippen molar-refractivity contribution in [1.82, 2.24) is 0 Å². The summed E-state index contributed by atoms with van der Waals surface area (Å²) in [6.07, 6.45) is 0. The van der Waals surface area contributed by atoms with Gasteiger partial charge in [-0.25, -0.2) is 14.0 Å². The van der Waals surface area contributed by atoms with E-state index in [1.54, 1.807) is 24.3 Å². The third-order valence-electron chi connectivity index (χ3n) is 6.07. The summed E-state index contributed by atoms with van der Waals surface area (Å²) in [7, 11) is 0. The van der Waals surface area contributed by atoms with Crippen LogP contribution in [0.2, 0.25) is 0 Å². The highest BCUT2D eigenvalue weighted by Gasteiger charge is 2.22. The van der Waals surface area contributed by atoms with Gasteiger partial charge in [-0.2, -0.15) is 0 Å². The number of aryl methyl sites for hydroxylation is 1. The van der Waals surface area contributed by atoms with E-state index in [0.29, 0.717) is 22.7 Å². The van der Waals surface area contributed by atoms with Gasteiger partial charge in [0.05, 0.1) is 5.69 Å². The lowest BCUT2D eigenvalue weighted by molar-refractivity contribution is 0.0692. The second kappa shape index (κ2) is 10.8. The van der Waals surface area contributed by atoms with Crippen molar-refractivity contribution in [3.05, 3.63) is 107 Å². The number of hydrogen-bond acceptors (Lipinski definition) is 3. The minimum atomic E-state index is -1.38. The predicted octanol–water partition coefficient (Wildman–Crippen LogP) is 8.23. The SMILES string of the molecule is Cc1ccccc1NC(=O)Nc1cc(-c2cccc(F)c2C(=O)O)ccc1Oc1ccccc1C(C)(C)C. The number of urea groups is 1. The van der Waals surface area contributed by atoms with E-state index in [-0.39, 0.29) is 16.7 Å². The highest BCUT2D eigenvalue weighted by molar-refractivity contribution is 6.02. The Morgan fingerprint density at radius 1 is 0.816 bits per heavy atom. The van der Waals surface area contributed by atoms with Gasteiger partial charge in [0.1, 0.15) is 17.1 Å². The van der Waals surface area contributed by atoms with Crippen LogP contribution in [0.25, 0.3) is 11.1 Å². The average molecular weight is 513 g/mol. The molecule has 0 radical (unpaired) electrons. The molecule has 0 spiro atoms. The second-order valence-electron chi connectivity index (χ2n) is 9.92. The number of hydrogen-bond donors (Lipinski definition) is 3. The highest BCUT2D eigenvalue weighted by Crippen LogP contribution is 2.39. The van der Waals surface area contributed by atoms with Gasteiger partial charge in [-0.3, -0.25) is 0 Å². The lowest BCUT2D eigenvalue weighted by Crippen LogP contribution is -2.20. The smallest absolute Gasteiger partial charge is 0.339 e. The van der Waals surface area contributed by atoms with E-state index >= 15 is 0 Å². The maximum atomic E-state index is 14.4. The van der Waals surface area contributed by atoms with E-state index in [0.717, 1.165) is 17.2 Å². The Balaban J connectivity index is 1.78. The Morgan fingerprint density at radius 2 is 1.50 bits per heavy atom. The maximum Gasteiger partial charge on any atom is 0.339 e.